The average molecular weight is 375 g/mol. The van der Waals surface area contributed by atoms with Crippen LogP contribution in [0.25, 0.3) is 0 Å². The summed E-state index contributed by atoms with van der Waals surface area (Å²) in [4.78, 5) is 49.4. The van der Waals surface area contributed by atoms with Crippen LogP contribution in [0, 0.1) is 11.8 Å². The van der Waals surface area contributed by atoms with Crippen molar-refractivity contribution in [3.05, 3.63) is 29.8 Å². The molecule has 2 rings (SSSR count). The number of hydrogen-bond acceptors (Lipinski definition) is 5. The van der Waals surface area contributed by atoms with Crippen molar-refractivity contribution in [2.24, 2.45) is 17.6 Å². The molecule has 0 saturated carbocycles. The lowest BCUT2D eigenvalue weighted by atomic mass is 10.1. The molecule has 3 N–H and O–H groups in total. The number of aryl methyl sites for hydroxylation is 1. The van der Waals surface area contributed by atoms with Crippen LogP contribution in [0.5, 0.6) is 0 Å². The Morgan fingerprint density at radius 1 is 1.30 bits per heavy atom. The van der Waals surface area contributed by atoms with Crippen molar-refractivity contribution in [1.82, 2.24) is 5.32 Å². The number of ether oxygens (including phenoxy) is 1. The van der Waals surface area contributed by atoms with Gasteiger partial charge in [0.05, 0.1) is 5.92 Å². The number of hydrogen-bond donors (Lipinski definition) is 2. The van der Waals surface area contributed by atoms with Crippen LogP contribution in [0.4, 0.5) is 10.5 Å². The average Bonchev–Trinajstić information content (AvgIpc) is 3.00. The summed E-state index contributed by atoms with van der Waals surface area (Å²) in [5.74, 6) is -2.62. The first kappa shape index (κ1) is 20.4. The Labute approximate surface area is 158 Å². The molecule has 0 aromatic heterocycles. The number of urea groups is 1. The summed E-state index contributed by atoms with van der Waals surface area (Å²) in [7, 11) is 0. The fraction of sp³-hybridized carbons (Fsp3) is 0.474. The van der Waals surface area contributed by atoms with Crippen molar-refractivity contribution in [1.29, 1.82) is 0 Å². The molecule has 4 amide bonds. The number of benzene rings is 1. The van der Waals surface area contributed by atoms with Crippen LogP contribution in [0.15, 0.2) is 24.3 Å². The zero-order valence-electron chi connectivity index (χ0n) is 15.7. The molecule has 0 bridgehead atoms. The maximum Gasteiger partial charge on any atom is 0.318 e. The van der Waals surface area contributed by atoms with Crippen LogP contribution in [0.3, 0.4) is 0 Å². The number of rotatable bonds is 6. The molecular weight excluding hydrogens is 350 g/mol. The van der Waals surface area contributed by atoms with E-state index in [1.165, 1.54) is 0 Å². The molecule has 0 radical (unpaired) electrons. The van der Waals surface area contributed by atoms with Gasteiger partial charge >= 0.3 is 12.0 Å². The number of primary amides is 1. The van der Waals surface area contributed by atoms with Crippen molar-refractivity contribution < 1.29 is 23.9 Å². The number of imide groups is 1. The molecule has 8 nitrogen and oxygen atoms in total. The van der Waals surface area contributed by atoms with Crippen LogP contribution >= 0.6 is 0 Å². The predicted octanol–water partition coefficient (Wildman–Crippen LogP) is 1.36. The van der Waals surface area contributed by atoms with Gasteiger partial charge in [-0.2, -0.15) is 0 Å². The first-order valence-corrected chi connectivity index (χ1v) is 8.93. The van der Waals surface area contributed by atoms with Crippen LogP contribution in [-0.2, 0) is 25.5 Å². The second-order valence-corrected chi connectivity index (χ2v) is 6.84. The maximum atomic E-state index is 12.5. The van der Waals surface area contributed by atoms with Gasteiger partial charge in [0, 0.05) is 18.7 Å². The second kappa shape index (κ2) is 8.66. The van der Waals surface area contributed by atoms with E-state index in [-0.39, 0.29) is 24.8 Å². The lowest BCUT2D eigenvalue weighted by Gasteiger charge is -2.22. The van der Waals surface area contributed by atoms with Gasteiger partial charge in [-0.15, -0.1) is 0 Å². The van der Waals surface area contributed by atoms with Gasteiger partial charge in [0.15, 0.2) is 6.10 Å². The zero-order valence-corrected chi connectivity index (χ0v) is 15.7. The fourth-order valence-electron chi connectivity index (χ4n) is 3.08. The van der Waals surface area contributed by atoms with Gasteiger partial charge in [0.2, 0.25) is 5.91 Å². The quantitative estimate of drug-likeness (QED) is 0.728. The highest BCUT2D eigenvalue weighted by molar-refractivity contribution is 6.01. The predicted molar refractivity (Wildman–Crippen MR) is 98.7 cm³/mol. The summed E-state index contributed by atoms with van der Waals surface area (Å²) in [5.41, 5.74) is 6.75. The Kier molecular flexibility index (Phi) is 6.55. The third-order valence-electron chi connectivity index (χ3n) is 4.48. The number of carbonyl (C=O) groups is 4. The highest BCUT2D eigenvalue weighted by Gasteiger charge is 2.39. The first-order chi connectivity index (χ1) is 12.7. The van der Waals surface area contributed by atoms with Crippen molar-refractivity contribution in [3.8, 4) is 0 Å². The molecule has 0 unspecified atom stereocenters. The zero-order chi connectivity index (χ0) is 20.1. The van der Waals surface area contributed by atoms with Gasteiger partial charge in [0.1, 0.15) is 0 Å². The van der Waals surface area contributed by atoms with E-state index >= 15 is 0 Å². The molecule has 1 saturated heterocycles. The Morgan fingerprint density at radius 3 is 2.56 bits per heavy atom. The number of nitrogens with zero attached hydrogens (tertiary/aromatic N) is 1. The molecule has 146 valence electrons. The van der Waals surface area contributed by atoms with E-state index in [1.54, 1.807) is 18.7 Å². The van der Waals surface area contributed by atoms with Crippen LogP contribution in [0.2, 0.25) is 0 Å². The fourth-order valence-corrected chi connectivity index (χ4v) is 3.08. The molecule has 2 atom stereocenters. The van der Waals surface area contributed by atoms with Gasteiger partial charge < -0.3 is 15.4 Å². The minimum absolute atomic E-state index is 0.0130. The lowest BCUT2D eigenvalue weighted by molar-refractivity contribution is -0.161. The first-order valence-electron chi connectivity index (χ1n) is 8.93. The van der Waals surface area contributed by atoms with Crippen molar-refractivity contribution in [3.63, 3.8) is 0 Å². The van der Waals surface area contributed by atoms with Gasteiger partial charge in [0.25, 0.3) is 5.91 Å². The van der Waals surface area contributed by atoms with E-state index in [1.807, 2.05) is 36.5 Å². The summed E-state index contributed by atoms with van der Waals surface area (Å²) in [6.07, 6.45) is -0.381. The van der Waals surface area contributed by atoms with Gasteiger partial charge in [-0.25, -0.2) is 4.79 Å². The standard InChI is InChI=1S/C19H25N3O5/c1-4-12-7-5-6-8-14(12)22-10-13(9-15(22)23)18(25)27-16(11(2)3)17(24)21-19(20)26/h5-8,11,13,16H,4,9-10H2,1-3H3,(H3,20,21,24,26)/t13-,16-/m1/s1. The topological polar surface area (TPSA) is 119 Å². The molecule has 1 aromatic rings. The summed E-state index contributed by atoms with van der Waals surface area (Å²) < 4.78 is 5.31. The Balaban J connectivity index is 2.10. The van der Waals surface area contributed by atoms with Gasteiger partial charge in [-0.05, 0) is 24.0 Å². The molecule has 1 heterocycles. The smallest absolute Gasteiger partial charge is 0.318 e. The molecule has 0 spiro atoms. The van der Waals surface area contributed by atoms with Crippen LogP contribution in [0.1, 0.15) is 32.8 Å². The van der Waals surface area contributed by atoms with Gasteiger partial charge in [-0.3, -0.25) is 19.7 Å². The molecule has 27 heavy (non-hydrogen) atoms. The number of esters is 1. The maximum absolute atomic E-state index is 12.5. The van der Waals surface area contributed by atoms with E-state index in [0.717, 1.165) is 17.7 Å². The molecule has 1 fully saturated rings. The summed E-state index contributed by atoms with van der Waals surface area (Å²) >= 11 is 0. The number of para-hydroxylation sites is 1. The van der Waals surface area contributed by atoms with E-state index in [4.69, 9.17) is 10.5 Å². The molecule has 0 aliphatic carbocycles. The van der Waals surface area contributed by atoms with E-state index in [2.05, 4.69) is 0 Å². The van der Waals surface area contributed by atoms with Crippen LogP contribution < -0.4 is 16.0 Å². The minimum atomic E-state index is -1.16. The summed E-state index contributed by atoms with van der Waals surface area (Å²) in [6.45, 7) is 5.55. The minimum Gasteiger partial charge on any atom is -0.452 e. The third kappa shape index (κ3) is 4.84. The third-order valence-corrected chi connectivity index (χ3v) is 4.48. The molecule has 1 aliphatic heterocycles. The summed E-state index contributed by atoms with van der Waals surface area (Å²) in [5, 5.41) is 1.92. The number of amides is 4. The lowest BCUT2D eigenvalue weighted by Crippen LogP contribution is -2.46. The normalized spacial score (nSPS) is 17.7. The Hall–Kier alpha value is -2.90. The number of nitrogens with one attached hydrogen (secondary N) is 1. The van der Waals surface area contributed by atoms with E-state index in [9.17, 15) is 19.2 Å². The van der Waals surface area contributed by atoms with Crippen molar-refractivity contribution >= 4 is 29.5 Å². The molecule has 1 aromatic carbocycles. The highest BCUT2D eigenvalue weighted by Crippen LogP contribution is 2.29. The summed E-state index contributed by atoms with van der Waals surface area (Å²) in [6, 6.07) is 6.52. The van der Waals surface area contributed by atoms with Crippen LogP contribution in [-0.4, -0.2) is 36.5 Å². The van der Waals surface area contributed by atoms with E-state index in [0.29, 0.717) is 0 Å². The van der Waals surface area contributed by atoms with Crippen molar-refractivity contribution in [2.75, 3.05) is 11.4 Å². The second-order valence-electron chi connectivity index (χ2n) is 6.84. The molecule has 8 heteroatoms. The number of carbonyl (C=O) groups excluding carboxylic acids is 4. The molecular formula is C19H25N3O5. The monoisotopic (exact) mass is 375 g/mol. The largest absolute Gasteiger partial charge is 0.452 e. The Morgan fingerprint density at radius 2 is 1.96 bits per heavy atom. The van der Waals surface area contributed by atoms with Gasteiger partial charge in [-0.1, -0.05) is 39.0 Å². The van der Waals surface area contributed by atoms with Crippen molar-refractivity contribution in [2.45, 2.75) is 39.7 Å². The molecule has 1 aliphatic rings. The van der Waals surface area contributed by atoms with E-state index < -0.39 is 29.9 Å². The number of nitrogens with two attached hydrogens (primary N) is 1. The SMILES string of the molecule is CCc1ccccc1N1C[C@H](C(=O)O[C@@H](C(=O)NC(N)=O)C(C)C)CC1=O. The highest BCUT2D eigenvalue weighted by atomic mass is 16.5. The number of anilines is 1. The Bertz CT molecular complexity index is 747.